The van der Waals surface area contributed by atoms with Gasteiger partial charge in [0.25, 0.3) is 0 Å². The van der Waals surface area contributed by atoms with Crippen molar-refractivity contribution in [2.75, 3.05) is 7.11 Å². The van der Waals surface area contributed by atoms with Gasteiger partial charge in [-0.15, -0.1) is 0 Å². The minimum atomic E-state index is -0.597. The molecule has 3 N–H and O–H groups in total. The third-order valence-electron chi connectivity index (χ3n) is 1.78. The fourth-order valence-electron chi connectivity index (χ4n) is 0.956. The molecule has 0 aliphatic rings. The zero-order valence-corrected chi connectivity index (χ0v) is 8.60. The molecular formula is C11H10N2O3. The molecule has 0 amide bonds. The molecule has 82 valence electrons. The third kappa shape index (κ3) is 3.03. The maximum absolute atomic E-state index is 10.7. The molecule has 0 aromatic heterocycles. The lowest BCUT2D eigenvalue weighted by Crippen LogP contribution is -2.12. The number of methoxy groups -OCH3 is 1. The van der Waals surface area contributed by atoms with Gasteiger partial charge in [0.2, 0.25) is 0 Å². The smallest absolute Gasteiger partial charge is 0.384 e. The molecule has 16 heavy (non-hydrogen) atoms. The van der Waals surface area contributed by atoms with Crippen molar-refractivity contribution >= 4 is 11.8 Å². The van der Waals surface area contributed by atoms with Crippen molar-refractivity contribution in [2.45, 2.75) is 0 Å². The van der Waals surface area contributed by atoms with E-state index in [2.05, 4.69) is 21.7 Å². The van der Waals surface area contributed by atoms with E-state index in [1.807, 2.05) is 0 Å². The SMILES string of the molecule is COC(=O)C#Cc1ccc(C(N)=NO)cc1. The topological polar surface area (TPSA) is 84.9 Å². The Kier molecular flexibility index (Phi) is 3.92. The molecule has 0 aliphatic carbocycles. The van der Waals surface area contributed by atoms with Gasteiger partial charge >= 0.3 is 5.97 Å². The van der Waals surface area contributed by atoms with Crippen molar-refractivity contribution in [3.63, 3.8) is 0 Å². The minimum Gasteiger partial charge on any atom is -0.459 e. The summed E-state index contributed by atoms with van der Waals surface area (Å²) in [4.78, 5) is 10.7. The summed E-state index contributed by atoms with van der Waals surface area (Å²) in [7, 11) is 1.26. The van der Waals surface area contributed by atoms with Gasteiger partial charge in [-0.1, -0.05) is 11.1 Å². The lowest BCUT2D eigenvalue weighted by atomic mass is 10.1. The Balaban J connectivity index is 2.86. The average molecular weight is 218 g/mol. The number of nitrogens with zero attached hydrogens (tertiary/aromatic N) is 1. The number of rotatable bonds is 1. The lowest BCUT2D eigenvalue weighted by Gasteiger charge is -1.97. The number of hydrogen-bond donors (Lipinski definition) is 2. The fourth-order valence-corrected chi connectivity index (χ4v) is 0.956. The first-order valence-corrected chi connectivity index (χ1v) is 4.35. The number of nitrogens with two attached hydrogens (primary N) is 1. The van der Waals surface area contributed by atoms with Gasteiger partial charge in [-0.3, -0.25) is 0 Å². The molecule has 1 rings (SSSR count). The van der Waals surface area contributed by atoms with Gasteiger partial charge in [0, 0.05) is 17.0 Å². The van der Waals surface area contributed by atoms with Crippen molar-refractivity contribution in [1.82, 2.24) is 0 Å². The highest BCUT2D eigenvalue weighted by Crippen LogP contribution is 2.02. The molecule has 0 unspecified atom stereocenters. The van der Waals surface area contributed by atoms with E-state index in [4.69, 9.17) is 10.9 Å². The van der Waals surface area contributed by atoms with Crippen LogP contribution in [0.15, 0.2) is 29.4 Å². The fraction of sp³-hybridized carbons (Fsp3) is 0.0909. The van der Waals surface area contributed by atoms with Crippen LogP contribution in [0, 0.1) is 11.8 Å². The number of amidine groups is 1. The van der Waals surface area contributed by atoms with Crippen molar-refractivity contribution in [3.05, 3.63) is 35.4 Å². The van der Waals surface area contributed by atoms with Crippen LogP contribution in [0.25, 0.3) is 0 Å². The van der Waals surface area contributed by atoms with E-state index in [1.165, 1.54) is 7.11 Å². The summed E-state index contributed by atoms with van der Waals surface area (Å²) >= 11 is 0. The standard InChI is InChI=1S/C11H10N2O3/c1-16-10(14)7-4-8-2-5-9(6-3-8)11(12)13-15/h2-3,5-6,15H,1H3,(H2,12,13). The molecule has 1 aromatic carbocycles. The summed E-state index contributed by atoms with van der Waals surface area (Å²) in [5.74, 6) is 4.33. The highest BCUT2D eigenvalue weighted by molar-refractivity contribution is 5.97. The molecule has 0 aliphatic heterocycles. The van der Waals surface area contributed by atoms with E-state index >= 15 is 0 Å². The zero-order chi connectivity index (χ0) is 12.0. The van der Waals surface area contributed by atoms with Crippen LogP contribution in [0.1, 0.15) is 11.1 Å². The third-order valence-corrected chi connectivity index (χ3v) is 1.78. The molecule has 5 nitrogen and oxygen atoms in total. The Bertz CT molecular complexity index is 466. The van der Waals surface area contributed by atoms with Crippen molar-refractivity contribution < 1.29 is 14.7 Å². The predicted molar refractivity (Wildman–Crippen MR) is 57.8 cm³/mol. The number of ether oxygens (including phenoxy) is 1. The Labute approximate surface area is 92.5 Å². The number of carbonyl (C=O) groups is 1. The highest BCUT2D eigenvalue weighted by Gasteiger charge is 1.97. The largest absolute Gasteiger partial charge is 0.459 e. The maximum Gasteiger partial charge on any atom is 0.384 e. The van der Waals surface area contributed by atoms with Gasteiger partial charge in [0.15, 0.2) is 5.84 Å². The Morgan fingerprint density at radius 1 is 1.44 bits per heavy atom. The van der Waals surface area contributed by atoms with Crippen LogP contribution in [0.4, 0.5) is 0 Å². The first-order chi connectivity index (χ1) is 7.67. The number of hydrogen-bond acceptors (Lipinski definition) is 4. The quantitative estimate of drug-likeness (QED) is 0.177. The average Bonchev–Trinajstić information content (AvgIpc) is 2.35. The number of esters is 1. The van der Waals surface area contributed by atoms with Crippen LogP contribution in [-0.2, 0) is 9.53 Å². The molecule has 0 saturated heterocycles. The zero-order valence-electron chi connectivity index (χ0n) is 8.60. The van der Waals surface area contributed by atoms with Crippen molar-refractivity contribution in [2.24, 2.45) is 10.9 Å². The Morgan fingerprint density at radius 2 is 2.06 bits per heavy atom. The van der Waals surface area contributed by atoms with Crippen molar-refractivity contribution in [1.29, 1.82) is 0 Å². The predicted octanol–water partition coefficient (Wildman–Crippen LogP) is 0.306. The van der Waals surface area contributed by atoms with Crippen LogP contribution in [0.5, 0.6) is 0 Å². The Morgan fingerprint density at radius 3 is 2.56 bits per heavy atom. The molecule has 0 saturated carbocycles. The molecule has 0 atom stereocenters. The summed E-state index contributed by atoms with van der Waals surface area (Å²) in [6.45, 7) is 0. The lowest BCUT2D eigenvalue weighted by molar-refractivity contribution is -0.133. The number of benzene rings is 1. The summed E-state index contributed by atoms with van der Waals surface area (Å²) in [5, 5.41) is 11.3. The summed E-state index contributed by atoms with van der Waals surface area (Å²) in [6, 6.07) is 6.58. The van der Waals surface area contributed by atoms with Gasteiger partial charge in [-0.25, -0.2) is 4.79 Å². The molecule has 0 heterocycles. The number of oxime groups is 1. The van der Waals surface area contributed by atoms with E-state index in [0.717, 1.165) is 0 Å². The second kappa shape index (κ2) is 5.41. The van der Waals surface area contributed by atoms with Crippen molar-refractivity contribution in [3.8, 4) is 11.8 Å². The molecule has 1 aromatic rings. The normalized spacial score (nSPS) is 10.2. The van der Waals surface area contributed by atoms with Gasteiger partial charge in [0.1, 0.15) is 0 Å². The monoisotopic (exact) mass is 218 g/mol. The van der Waals surface area contributed by atoms with E-state index in [1.54, 1.807) is 24.3 Å². The van der Waals surface area contributed by atoms with Crippen LogP contribution in [0.2, 0.25) is 0 Å². The van der Waals surface area contributed by atoms with Crippen LogP contribution < -0.4 is 5.73 Å². The van der Waals surface area contributed by atoms with E-state index in [-0.39, 0.29) is 5.84 Å². The minimum absolute atomic E-state index is 0.0208. The van der Waals surface area contributed by atoms with E-state index in [0.29, 0.717) is 11.1 Å². The summed E-state index contributed by atoms with van der Waals surface area (Å²) in [5.41, 5.74) is 6.59. The summed E-state index contributed by atoms with van der Waals surface area (Å²) in [6.07, 6.45) is 0. The van der Waals surface area contributed by atoms with Gasteiger partial charge in [-0.05, 0) is 24.3 Å². The van der Waals surface area contributed by atoms with Crippen LogP contribution in [-0.4, -0.2) is 24.1 Å². The molecule has 0 fully saturated rings. The maximum atomic E-state index is 10.7. The second-order valence-electron chi connectivity index (χ2n) is 2.80. The van der Waals surface area contributed by atoms with Gasteiger partial charge in [-0.2, -0.15) is 0 Å². The van der Waals surface area contributed by atoms with E-state index in [9.17, 15) is 4.79 Å². The number of carbonyl (C=O) groups excluding carboxylic acids is 1. The molecule has 0 radical (unpaired) electrons. The molecule has 0 bridgehead atoms. The first kappa shape index (κ1) is 11.6. The van der Waals surface area contributed by atoms with Gasteiger partial charge in [0.05, 0.1) is 7.11 Å². The van der Waals surface area contributed by atoms with Gasteiger partial charge < -0.3 is 15.7 Å². The second-order valence-corrected chi connectivity index (χ2v) is 2.80. The van der Waals surface area contributed by atoms with E-state index < -0.39 is 5.97 Å². The highest BCUT2D eigenvalue weighted by atomic mass is 16.5. The first-order valence-electron chi connectivity index (χ1n) is 4.35. The molecule has 5 heteroatoms. The summed E-state index contributed by atoms with van der Waals surface area (Å²) < 4.78 is 4.37. The Hall–Kier alpha value is -2.48. The van der Waals surface area contributed by atoms with Crippen LogP contribution >= 0.6 is 0 Å². The van der Waals surface area contributed by atoms with Crippen LogP contribution in [0.3, 0.4) is 0 Å². The molecular weight excluding hydrogens is 208 g/mol. The molecule has 0 spiro atoms.